The van der Waals surface area contributed by atoms with Gasteiger partial charge in [-0.3, -0.25) is 4.98 Å². The van der Waals surface area contributed by atoms with Crippen LogP contribution in [0.3, 0.4) is 0 Å². The van der Waals surface area contributed by atoms with Crippen LogP contribution < -0.4 is 0 Å². The number of hydrogen-bond acceptors (Lipinski definition) is 3. The van der Waals surface area contributed by atoms with Gasteiger partial charge in [-0.2, -0.15) is 10.5 Å². The number of halogens is 1. The molecule has 1 aliphatic rings. The van der Waals surface area contributed by atoms with E-state index in [0.717, 1.165) is 28.2 Å². The molecule has 1 fully saturated rings. The van der Waals surface area contributed by atoms with Crippen LogP contribution >= 0.6 is 15.9 Å². The summed E-state index contributed by atoms with van der Waals surface area (Å²) in [6, 6.07) is 6.52. The van der Waals surface area contributed by atoms with Crippen LogP contribution in [0.15, 0.2) is 29.1 Å². The summed E-state index contributed by atoms with van der Waals surface area (Å²) in [6.07, 6.45) is 7.51. The lowest BCUT2D eigenvalue weighted by Gasteiger charge is -2.45. The van der Waals surface area contributed by atoms with Crippen molar-refractivity contribution in [3.63, 3.8) is 0 Å². The van der Waals surface area contributed by atoms with Gasteiger partial charge in [0.15, 0.2) is 0 Å². The Morgan fingerprint density at radius 2 is 2.26 bits per heavy atom. The highest BCUT2D eigenvalue weighted by molar-refractivity contribution is 9.10. The van der Waals surface area contributed by atoms with E-state index in [1.54, 1.807) is 6.20 Å². The number of fused-ring (bicyclic) bond motifs is 1. The molecule has 0 N–H and O–H groups in total. The van der Waals surface area contributed by atoms with Crippen molar-refractivity contribution in [2.75, 3.05) is 0 Å². The summed E-state index contributed by atoms with van der Waals surface area (Å²) in [6.45, 7) is 0. The molecule has 94 valence electrons. The third-order valence-corrected chi connectivity index (χ3v) is 4.54. The molecule has 2 aromatic heterocycles. The Morgan fingerprint density at radius 3 is 2.95 bits per heavy atom. The first-order valence-corrected chi connectivity index (χ1v) is 6.87. The Hall–Kier alpha value is -1.85. The van der Waals surface area contributed by atoms with E-state index in [-0.39, 0.29) is 11.5 Å². The molecule has 0 saturated heterocycles. The number of rotatable bonds is 2. The smallest absolute Gasteiger partial charge is 0.0657 e. The van der Waals surface area contributed by atoms with E-state index in [2.05, 4.69) is 37.6 Å². The molecule has 0 amide bonds. The lowest BCUT2D eigenvalue weighted by molar-refractivity contribution is 0.109. The van der Waals surface area contributed by atoms with Gasteiger partial charge in [0.05, 0.1) is 35.5 Å². The van der Waals surface area contributed by atoms with Crippen LogP contribution in [-0.2, 0) is 5.54 Å². The van der Waals surface area contributed by atoms with Crippen LogP contribution in [0.25, 0.3) is 10.9 Å². The van der Waals surface area contributed by atoms with E-state index in [4.69, 9.17) is 10.5 Å². The standard InChI is InChI=1S/C14H11BrN4/c15-12-9-19(13-1-4-18-8-11(12)13)14(2-3-16)5-10(6-14)7-17/h1,4,8-10H,2,5-6H2. The molecule has 2 heterocycles. The summed E-state index contributed by atoms with van der Waals surface area (Å²) >= 11 is 3.54. The van der Waals surface area contributed by atoms with E-state index < -0.39 is 0 Å². The maximum absolute atomic E-state index is 9.10. The minimum atomic E-state index is -0.235. The summed E-state index contributed by atoms with van der Waals surface area (Å²) < 4.78 is 3.12. The lowest BCUT2D eigenvalue weighted by atomic mass is 9.67. The van der Waals surface area contributed by atoms with Crippen molar-refractivity contribution in [3.8, 4) is 12.1 Å². The van der Waals surface area contributed by atoms with Gasteiger partial charge >= 0.3 is 0 Å². The first-order valence-electron chi connectivity index (χ1n) is 6.08. The van der Waals surface area contributed by atoms with Crippen LogP contribution in [0.2, 0.25) is 0 Å². The summed E-state index contributed by atoms with van der Waals surface area (Å²) in [7, 11) is 0. The zero-order valence-corrected chi connectivity index (χ0v) is 11.8. The molecular formula is C14H11BrN4. The fourth-order valence-electron chi connectivity index (χ4n) is 2.95. The van der Waals surface area contributed by atoms with Crippen LogP contribution in [0.1, 0.15) is 19.3 Å². The molecule has 0 aromatic carbocycles. The maximum atomic E-state index is 9.10. The van der Waals surface area contributed by atoms with Gasteiger partial charge in [0.1, 0.15) is 0 Å². The lowest BCUT2D eigenvalue weighted by Crippen LogP contribution is -2.45. The summed E-state index contributed by atoms with van der Waals surface area (Å²) in [5.74, 6) is 0.0615. The SMILES string of the molecule is N#CCC1(n2cc(Br)c3cnccc32)CC(C#N)C1. The first kappa shape index (κ1) is 12.2. The molecule has 0 spiro atoms. The number of nitrogens with zero attached hydrogens (tertiary/aromatic N) is 4. The molecular weight excluding hydrogens is 304 g/mol. The third kappa shape index (κ3) is 1.74. The van der Waals surface area contributed by atoms with Crippen LogP contribution in [0.5, 0.6) is 0 Å². The highest BCUT2D eigenvalue weighted by atomic mass is 79.9. The van der Waals surface area contributed by atoms with Gasteiger partial charge in [-0.15, -0.1) is 0 Å². The first-order chi connectivity index (χ1) is 9.20. The molecule has 0 radical (unpaired) electrons. The zero-order chi connectivity index (χ0) is 13.5. The Bertz CT molecular complexity index is 713. The number of pyridine rings is 1. The Balaban J connectivity index is 2.13. The van der Waals surface area contributed by atoms with Crippen LogP contribution in [0, 0.1) is 28.6 Å². The van der Waals surface area contributed by atoms with E-state index in [1.807, 2.05) is 18.5 Å². The molecule has 3 rings (SSSR count). The number of hydrogen-bond donors (Lipinski definition) is 0. The van der Waals surface area contributed by atoms with Gasteiger partial charge in [-0.05, 0) is 34.8 Å². The van der Waals surface area contributed by atoms with Gasteiger partial charge in [-0.1, -0.05) is 0 Å². The van der Waals surface area contributed by atoms with Gasteiger partial charge in [0.2, 0.25) is 0 Å². The molecule has 2 aromatic rings. The van der Waals surface area contributed by atoms with Gasteiger partial charge in [0.25, 0.3) is 0 Å². The van der Waals surface area contributed by atoms with Crippen molar-refractivity contribution in [1.29, 1.82) is 10.5 Å². The van der Waals surface area contributed by atoms with Gasteiger partial charge in [0, 0.05) is 28.4 Å². The highest BCUT2D eigenvalue weighted by Crippen LogP contribution is 2.48. The van der Waals surface area contributed by atoms with E-state index in [0.29, 0.717) is 6.42 Å². The Morgan fingerprint density at radius 1 is 1.47 bits per heavy atom. The molecule has 0 unspecified atom stereocenters. The van der Waals surface area contributed by atoms with E-state index in [1.165, 1.54) is 0 Å². The molecule has 19 heavy (non-hydrogen) atoms. The van der Waals surface area contributed by atoms with Crippen molar-refractivity contribution in [1.82, 2.24) is 9.55 Å². The van der Waals surface area contributed by atoms with Gasteiger partial charge < -0.3 is 4.57 Å². The largest absolute Gasteiger partial charge is 0.339 e. The van der Waals surface area contributed by atoms with Crippen LogP contribution in [-0.4, -0.2) is 9.55 Å². The quantitative estimate of drug-likeness (QED) is 0.853. The number of nitriles is 2. The minimum absolute atomic E-state index is 0.0615. The Labute approximate surface area is 119 Å². The van der Waals surface area contributed by atoms with Crippen molar-refractivity contribution in [2.24, 2.45) is 5.92 Å². The molecule has 0 atom stereocenters. The zero-order valence-electron chi connectivity index (χ0n) is 10.2. The molecule has 1 aliphatic carbocycles. The van der Waals surface area contributed by atoms with Crippen molar-refractivity contribution in [2.45, 2.75) is 24.8 Å². The van der Waals surface area contributed by atoms with Gasteiger partial charge in [-0.25, -0.2) is 0 Å². The topological polar surface area (TPSA) is 65.4 Å². The number of aromatic nitrogens is 2. The second kappa shape index (κ2) is 4.36. The summed E-state index contributed by atoms with van der Waals surface area (Å²) in [4.78, 5) is 4.13. The van der Waals surface area contributed by atoms with E-state index in [9.17, 15) is 0 Å². The normalized spacial score (nSPS) is 25.5. The predicted molar refractivity (Wildman–Crippen MR) is 74.0 cm³/mol. The third-order valence-electron chi connectivity index (χ3n) is 3.91. The fourth-order valence-corrected chi connectivity index (χ4v) is 3.46. The minimum Gasteiger partial charge on any atom is -0.339 e. The van der Waals surface area contributed by atoms with Crippen molar-refractivity contribution < 1.29 is 0 Å². The molecule has 1 saturated carbocycles. The second-order valence-corrected chi connectivity index (χ2v) is 5.89. The monoisotopic (exact) mass is 314 g/mol. The second-order valence-electron chi connectivity index (χ2n) is 5.03. The van der Waals surface area contributed by atoms with Crippen LogP contribution in [0.4, 0.5) is 0 Å². The Kier molecular flexibility index (Phi) is 2.80. The highest BCUT2D eigenvalue weighted by Gasteiger charge is 2.46. The van der Waals surface area contributed by atoms with E-state index >= 15 is 0 Å². The van der Waals surface area contributed by atoms with Crippen molar-refractivity contribution >= 4 is 26.8 Å². The average molecular weight is 315 g/mol. The summed E-state index contributed by atoms with van der Waals surface area (Å²) in [5.41, 5.74) is 0.828. The average Bonchev–Trinajstić information content (AvgIpc) is 2.72. The molecule has 0 aliphatic heterocycles. The predicted octanol–water partition coefficient (Wildman–Crippen LogP) is 3.34. The molecule has 0 bridgehead atoms. The van der Waals surface area contributed by atoms with Crippen molar-refractivity contribution in [3.05, 3.63) is 29.1 Å². The summed E-state index contributed by atoms with van der Waals surface area (Å²) in [5, 5.41) is 19.1. The fraction of sp³-hybridized carbons (Fsp3) is 0.357. The molecule has 5 heteroatoms. The molecule has 4 nitrogen and oxygen atoms in total. The maximum Gasteiger partial charge on any atom is 0.0657 e.